The molecule has 0 bridgehead atoms. The molecule has 10 heteroatoms. The van der Waals surface area contributed by atoms with Crippen molar-refractivity contribution in [3.63, 3.8) is 0 Å². The summed E-state index contributed by atoms with van der Waals surface area (Å²) in [6, 6.07) is 10.7. The lowest BCUT2D eigenvalue weighted by Gasteiger charge is -2.07. The van der Waals surface area contributed by atoms with Crippen molar-refractivity contribution in [2.75, 3.05) is 0 Å². The normalized spacial score (nSPS) is 17.6. The maximum atomic E-state index is 14.0. The summed E-state index contributed by atoms with van der Waals surface area (Å²) in [5.74, 6) is -3.73. The van der Waals surface area contributed by atoms with Gasteiger partial charge >= 0.3 is 11.9 Å². The highest BCUT2D eigenvalue weighted by atomic mass is 32.2. The highest BCUT2D eigenvalue weighted by molar-refractivity contribution is 8.15. The van der Waals surface area contributed by atoms with E-state index in [1.54, 1.807) is 24.3 Å². The average molecular weight is 415 g/mol. The Balaban J connectivity index is 1.81. The minimum atomic E-state index is -1.35. The van der Waals surface area contributed by atoms with E-state index in [-0.39, 0.29) is 11.6 Å². The maximum absolute atomic E-state index is 14.0. The van der Waals surface area contributed by atoms with E-state index in [2.05, 4.69) is 15.5 Å². The molecule has 3 N–H and O–H groups in total. The van der Waals surface area contributed by atoms with Gasteiger partial charge in [-0.15, -0.1) is 5.10 Å². The molecule has 0 aromatic heterocycles. The zero-order valence-electron chi connectivity index (χ0n) is 14.7. The topological polar surface area (TPSA) is 128 Å². The van der Waals surface area contributed by atoms with Crippen LogP contribution in [-0.2, 0) is 9.59 Å². The summed E-state index contributed by atoms with van der Waals surface area (Å²) in [7, 11) is 0. The summed E-state index contributed by atoms with van der Waals surface area (Å²) in [6.45, 7) is 0. The number of carboxylic acids is 2. The molecule has 1 atom stereocenters. The smallest absolute Gasteiger partial charge is 0.338 e. The molecule has 1 heterocycles. The van der Waals surface area contributed by atoms with Crippen LogP contribution in [0.1, 0.15) is 22.3 Å². The molecule has 2 aromatic rings. The van der Waals surface area contributed by atoms with Crippen LogP contribution >= 0.6 is 11.8 Å². The summed E-state index contributed by atoms with van der Waals surface area (Å²) >= 11 is 0.979. The molecule has 2 aromatic carbocycles. The summed E-state index contributed by atoms with van der Waals surface area (Å²) < 4.78 is 14.0. The van der Waals surface area contributed by atoms with Crippen molar-refractivity contribution < 1.29 is 29.0 Å². The van der Waals surface area contributed by atoms with Gasteiger partial charge in [-0.05, 0) is 23.3 Å². The summed E-state index contributed by atoms with van der Waals surface area (Å²) in [4.78, 5) is 33.4. The number of carboxylic acid groups (broad SMARTS) is 2. The first-order valence-corrected chi connectivity index (χ1v) is 9.15. The number of rotatable bonds is 6. The number of thioether (sulfide) groups is 1. The monoisotopic (exact) mass is 415 g/mol. The van der Waals surface area contributed by atoms with E-state index in [1.165, 1.54) is 18.3 Å². The maximum Gasteiger partial charge on any atom is 0.338 e. The Morgan fingerprint density at radius 1 is 1.21 bits per heavy atom. The van der Waals surface area contributed by atoms with E-state index in [9.17, 15) is 18.8 Å². The third kappa shape index (κ3) is 4.85. The number of hydrogen-bond donors (Lipinski definition) is 3. The standard InChI is InChI=1S/C19H14FN3O5S/c20-14-7-10(5-6-13(14)18(27)28)12-4-2-1-3-11(12)9-21-23-19-22-17(26)15(29-19)8-16(24)25/h1-7,9,15H,8H2,(H,24,25)(H,27,28)(H,22,23,26). The second-order valence-electron chi connectivity index (χ2n) is 5.93. The van der Waals surface area contributed by atoms with Gasteiger partial charge in [0.05, 0.1) is 18.2 Å². The molecule has 1 aliphatic rings. The van der Waals surface area contributed by atoms with Crippen molar-refractivity contribution >= 4 is 41.0 Å². The highest BCUT2D eigenvalue weighted by Crippen LogP contribution is 2.25. The van der Waals surface area contributed by atoms with Crippen molar-refractivity contribution in [3.8, 4) is 11.1 Å². The van der Waals surface area contributed by atoms with Crippen molar-refractivity contribution in [1.82, 2.24) is 5.32 Å². The molecule has 148 valence electrons. The molecule has 29 heavy (non-hydrogen) atoms. The Bertz CT molecular complexity index is 1050. The summed E-state index contributed by atoms with van der Waals surface area (Å²) in [6.07, 6.45) is 1.09. The van der Waals surface area contributed by atoms with Crippen LogP contribution in [0.25, 0.3) is 11.1 Å². The van der Waals surface area contributed by atoms with E-state index in [1.807, 2.05) is 0 Å². The molecule has 3 rings (SSSR count). The van der Waals surface area contributed by atoms with Crippen molar-refractivity contribution in [3.05, 3.63) is 59.4 Å². The number of benzene rings is 2. The van der Waals surface area contributed by atoms with Crippen LogP contribution in [-0.4, -0.2) is 44.7 Å². The third-order valence-electron chi connectivity index (χ3n) is 3.95. The molecule has 1 amide bonds. The molecule has 1 fully saturated rings. The molecular weight excluding hydrogens is 401 g/mol. The van der Waals surface area contributed by atoms with Gasteiger partial charge in [-0.25, -0.2) is 9.18 Å². The number of nitrogens with one attached hydrogen (secondary N) is 1. The molecule has 0 radical (unpaired) electrons. The minimum Gasteiger partial charge on any atom is -0.481 e. The van der Waals surface area contributed by atoms with Gasteiger partial charge in [-0.2, -0.15) is 5.10 Å². The average Bonchev–Trinajstić information content (AvgIpc) is 3.00. The summed E-state index contributed by atoms with van der Waals surface area (Å²) in [5, 5.41) is 27.4. The number of hydrogen-bond acceptors (Lipinski definition) is 6. The predicted octanol–water partition coefficient (Wildman–Crippen LogP) is 2.59. The molecule has 1 unspecified atom stereocenters. The first-order valence-electron chi connectivity index (χ1n) is 8.27. The van der Waals surface area contributed by atoms with Crippen LogP contribution in [0.3, 0.4) is 0 Å². The number of aliphatic carboxylic acids is 1. The number of amidine groups is 1. The number of amides is 1. The SMILES string of the molecule is O=C(O)CC1SC(=NN=Cc2ccccc2-c2ccc(C(=O)O)c(F)c2)NC1=O. The van der Waals surface area contributed by atoms with E-state index >= 15 is 0 Å². The van der Waals surface area contributed by atoms with Crippen molar-refractivity contribution in [1.29, 1.82) is 0 Å². The fraction of sp³-hybridized carbons (Fsp3) is 0.105. The van der Waals surface area contributed by atoms with Crippen LogP contribution < -0.4 is 5.32 Å². The first kappa shape index (κ1) is 20.2. The van der Waals surface area contributed by atoms with Gasteiger partial charge in [-0.3, -0.25) is 9.59 Å². The molecule has 0 aliphatic carbocycles. The van der Waals surface area contributed by atoms with E-state index < -0.39 is 34.5 Å². The highest BCUT2D eigenvalue weighted by Gasteiger charge is 2.32. The Morgan fingerprint density at radius 3 is 2.66 bits per heavy atom. The number of aromatic carboxylic acids is 1. The van der Waals surface area contributed by atoms with E-state index in [0.29, 0.717) is 16.7 Å². The quantitative estimate of drug-likeness (QED) is 0.491. The third-order valence-corrected chi connectivity index (χ3v) is 5.03. The lowest BCUT2D eigenvalue weighted by atomic mass is 9.99. The Morgan fingerprint density at radius 2 is 1.97 bits per heavy atom. The van der Waals surface area contributed by atoms with Crippen LogP contribution in [0, 0.1) is 5.82 Å². The minimum absolute atomic E-state index is 0.187. The first-order chi connectivity index (χ1) is 13.8. The number of halogens is 1. The molecule has 1 aliphatic heterocycles. The van der Waals surface area contributed by atoms with Gasteiger partial charge in [0.15, 0.2) is 5.17 Å². The number of nitrogens with zero attached hydrogens (tertiary/aromatic N) is 2. The van der Waals surface area contributed by atoms with Crippen LogP contribution in [0.5, 0.6) is 0 Å². The van der Waals surface area contributed by atoms with Crippen LogP contribution in [0.4, 0.5) is 4.39 Å². The summed E-state index contributed by atoms with van der Waals surface area (Å²) in [5.41, 5.74) is 1.25. The van der Waals surface area contributed by atoms with Crippen LogP contribution in [0.15, 0.2) is 52.7 Å². The zero-order chi connectivity index (χ0) is 21.0. The molecular formula is C19H14FN3O5S. The van der Waals surface area contributed by atoms with Gasteiger partial charge in [0, 0.05) is 5.56 Å². The second-order valence-corrected chi connectivity index (χ2v) is 7.12. The van der Waals surface area contributed by atoms with Crippen molar-refractivity contribution in [2.24, 2.45) is 10.2 Å². The lowest BCUT2D eigenvalue weighted by molar-refractivity contribution is -0.138. The Hall–Kier alpha value is -3.53. The Labute approximate surface area is 168 Å². The largest absolute Gasteiger partial charge is 0.481 e. The van der Waals surface area contributed by atoms with Crippen molar-refractivity contribution in [2.45, 2.75) is 11.7 Å². The fourth-order valence-corrected chi connectivity index (χ4v) is 3.53. The number of carbonyl (C=O) groups is 3. The zero-order valence-corrected chi connectivity index (χ0v) is 15.5. The second kappa shape index (κ2) is 8.65. The lowest BCUT2D eigenvalue weighted by Crippen LogP contribution is -2.26. The molecule has 0 spiro atoms. The van der Waals surface area contributed by atoms with Gasteiger partial charge in [0.2, 0.25) is 5.91 Å². The van der Waals surface area contributed by atoms with Gasteiger partial charge in [0.25, 0.3) is 0 Å². The van der Waals surface area contributed by atoms with E-state index in [0.717, 1.165) is 17.8 Å². The number of carbonyl (C=O) groups excluding carboxylic acids is 1. The van der Waals surface area contributed by atoms with Gasteiger partial charge < -0.3 is 15.5 Å². The van der Waals surface area contributed by atoms with Crippen LogP contribution in [0.2, 0.25) is 0 Å². The molecule has 0 saturated carbocycles. The van der Waals surface area contributed by atoms with Gasteiger partial charge in [0.1, 0.15) is 11.1 Å². The molecule has 8 nitrogen and oxygen atoms in total. The molecule has 1 saturated heterocycles. The van der Waals surface area contributed by atoms with E-state index in [4.69, 9.17) is 10.2 Å². The Kier molecular flexibility index (Phi) is 6.03. The predicted molar refractivity (Wildman–Crippen MR) is 106 cm³/mol. The fourth-order valence-electron chi connectivity index (χ4n) is 2.62. The van der Waals surface area contributed by atoms with Gasteiger partial charge in [-0.1, -0.05) is 42.1 Å².